The van der Waals surface area contributed by atoms with Crippen LogP contribution < -0.4 is 5.32 Å². The highest BCUT2D eigenvalue weighted by Gasteiger charge is 2.46. The topological polar surface area (TPSA) is 95.9 Å². The van der Waals surface area contributed by atoms with Gasteiger partial charge in [0, 0.05) is 12.5 Å². The number of piperidine rings is 1. The number of ether oxygens (including phenoxy) is 1. The normalized spacial score (nSPS) is 24.8. The maximum absolute atomic E-state index is 13.3. The van der Waals surface area contributed by atoms with E-state index < -0.39 is 24.1 Å². The zero-order chi connectivity index (χ0) is 23.1. The van der Waals surface area contributed by atoms with E-state index in [0.29, 0.717) is 25.3 Å². The molecule has 1 aromatic carbocycles. The van der Waals surface area contributed by atoms with Crippen molar-refractivity contribution in [2.24, 2.45) is 11.8 Å². The van der Waals surface area contributed by atoms with Crippen LogP contribution in [0.1, 0.15) is 38.7 Å². The lowest BCUT2D eigenvalue weighted by Crippen LogP contribution is -2.61. The summed E-state index contributed by atoms with van der Waals surface area (Å²) in [5.41, 5.74) is 1.10. The van der Waals surface area contributed by atoms with Gasteiger partial charge in [0.2, 0.25) is 5.91 Å². The quantitative estimate of drug-likeness (QED) is 0.545. The Balaban J connectivity index is 1.68. The largest absolute Gasteiger partial charge is 0.480 e. The molecule has 0 spiro atoms. The Hall–Kier alpha value is -2.06. The van der Waals surface area contributed by atoms with Gasteiger partial charge in [-0.2, -0.15) is 11.8 Å². The van der Waals surface area contributed by atoms with Gasteiger partial charge < -0.3 is 14.7 Å². The molecule has 1 aromatic rings. The number of hydrogen-bond acceptors (Lipinski definition) is 6. The van der Waals surface area contributed by atoms with Crippen LogP contribution in [0.2, 0.25) is 0 Å². The Morgan fingerprint density at radius 1 is 1.25 bits per heavy atom. The lowest BCUT2D eigenvalue weighted by Gasteiger charge is -2.46. The summed E-state index contributed by atoms with van der Waals surface area (Å²) in [5.74, 6) is 0.588. The van der Waals surface area contributed by atoms with Crippen molar-refractivity contribution in [1.82, 2.24) is 10.2 Å². The number of amides is 1. The molecule has 0 saturated carbocycles. The summed E-state index contributed by atoms with van der Waals surface area (Å²) in [4.78, 5) is 39.5. The molecule has 2 aliphatic heterocycles. The van der Waals surface area contributed by atoms with E-state index in [9.17, 15) is 19.5 Å². The van der Waals surface area contributed by atoms with Gasteiger partial charge in [-0.3, -0.25) is 14.9 Å². The number of carbonyl (C=O) groups excluding carboxylic acids is 2. The second kappa shape index (κ2) is 11.7. The van der Waals surface area contributed by atoms with Crippen LogP contribution in [-0.4, -0.2) is 70.6 Å². The predicted octanol–water partition coefficient (Wildman–Crippen LogP) is 2.58. The number of likely N-dealkylation sites (tertiary alicyclic amines) is 1. The van der Waals surface area contributed by atoms with Gasteiger partial charge in [0.25, 0.3) is 0 Å². The minimum absolute atomic E-state index is 0.0184. The van der Waals surface area contributed by atoms with E-state index in [1.165, 1.54) is 4.90 Å². The van der Waals surface area contributed by atoms with E-state index in [0.717, 1.165) is 29.9 Å². The molecule has 3 unspecified atom stereocenters. The van der Waals surface area contributed by atoms with Crippen molar-refractivity contribution in [3.05, 3.63) is 35.9 Å². The molecule has 5 atom stereocenters. The van der Waals surface area contributed by atoms with Gasteiger partial charge in [-0.1, -0.05) is 30.3 Å². The molecule has 3 rings (SSSR count). The summed E-state index contributed by atoms with van der Waals surface area (Å²) in [5, 5.41) is 13.1. The van der Waals surface area contributed by atoms with E-state index in [4.69, 9.17) is 4.74 Å². The molecular formula is C24H34N2O5S. The van der Waals surface area contributed by atoms with Crippen molar-refractivity contribution in [1.29, 1.82) is 0 Å². The smallest absolute Gasteiger partial charge is 0.326 e. The number of thioether (sulfide) groups is 1. The second-order valence-electron chi connectivity index (χ2n) is 8.61. The summed E-state index contributed by atoms with van der Waals surface area (Å²) in [6, 6.07) is 7.72. The summed E-state index contributed by atoms with van der Waals surface area (Å²) in [7, 11) is 0. The molecule has 2 saturated heterocycles. The fraction of sp³-hybridized carbons (Fsp3) is 0.625. The molecule has 7 nitrogen and oxygen atoms in total. The van der Waals surface area contributed by atoms with Crippen molar-refractivity contribution in [2.45, 2.75) is 57.7 Å². The summed E-state index contributed by atoms with van der Waals surface area (Å²) in [6.45, 7) is 4.17. The third kappa shape index (κ3) is 6.04. The van der Waals surface area contributed by atoms with Crippen LogP contribution in [0, 0.1) is 11.8 Å². The molecule has 2 fully saturated rings. The highest BCUT2D eigenvalue weighted by Crippen LogP contribution is 2.39. The van der Waals surface area contributed by atoms with Gasteiger partial charge in [-0.25, -0.2) is 4.79 Å². The summed E-state index contributed by atoms with van der Waals surface area (Å²) in [6.07, 6.45) is 3.01. The standard InChI is InChI=1S/C24H34N2O5S/c1-3-31-24(30)20(10-9-17-7-5-4-6-8-17)25-16(2)22(27)26-13-11-18-12-14-32-15-19(18)21(26)23(28)29/h4-8,16,18-21,25H,3,9-15H2,1-2H3,(H,28,29)/t16-,18?,19?,20?,21-/m0/s1. The van der Waals surface area contributed by atoms with E-state index in [-0.39, 0.29) is 24.4 Å². The Morgan fingerprint density at radius 3 is 2.69 bits per heavy atom. The van der Waals surface area contributed by atoms with Crippen molar-refractivity contribution >= 4 is 29.6 Å². The van der Waals surface area contributed by atoms with Crippen molar-refractivity contribution < 1.29 is 24.2 Å². The average Bonchev–Trinajstić information content (AvgIpc) is 2.80. The van der Waals surface area contributed by atoms with Crippen LogP contribution in [0.3, 0.4) is 0 Å². The lowest BCUT2D eigenvalue weighted by molar-refractivity contribution is -0.158. The van der Waals surface area contributed by atoms with Crippen LogP contribution in [-0.2, 0) is 25.5 Å². The molecule has 32 heavy (non-hydrogen) atoms. The molecule has 2 heterocycles. The number of esters is 1. The maximum Gasteiger partial charge on any atom is 0.326 e. The maximum atomic E-state index is 13.3. The van der Waals surface area contributed by atoms with Crippen molar-refractivity contribution in [3.8, 4) is 0 Å². The van der Waals surface area contributed by atoms with Crippen LogP contribution in [0.15, 0.2) is 30.3 Å². The van der Waals surface area contributed by atoms with Crippen molar-refractivity contribution in [3.63, 3.8) is 0 Å². The summed E-state index contributed by atoms with van der Waals surface area (Å²) < 4.78 is 5.23. The first-order valence-electron chi connectivity index (χ1n) is 11.5. The van der Waals surface area contributed by atoms with Gasteiger partial charge in [0.1, 0.15) is 12.1 Å². The lowest BCUT2D eigenvalue weighted by atomic mass is 9.78. The SMILES string of the molecule is CCOC(=O)C(CCc1ccccc1)N[C@@H](C)C(=O)N1CCC2CCSCC2[C@H]1C(=O)O. The zero-order valence-corrected chi connectivity index (χ0v) is 19.7. The van der Waals surface area contributed by atoms with Gasteiger partial charge in [0.05, 0.1) is 12.6 Å². The average molecular weight is 463 g/mol. The fourth-order valence-corrected chi connectivity index (χ4v) is 6.20. The Kier molecular flexibility index (Phi) is 8.99. The third-order valence-electron chi connectivity index (χ3n) is 6.52. The molecule has 0 radical (unpaired) electrons. The number of nitrogens with one attached hydrogen (secondary N) is 1. The molecule has 1 amide bonds. The Morgan fingerprint density at radius 2 is 2.00 bits per heavy atom. The molecule has 0 aromatic heterocycles. The molecule has 0 aliphatic carbocycles. The van der Waals surface area contributed by atoms with Crippen molar-refractivity contribution in [2.75, 3.05) is 24.7 Å². The predicted molar refractivity (Wildman–Crippen MR) is 124 cm³/mol. The molecular weight excluding hydrogens is 428 g/mol. The Bertz CT molecular complexity index is 790. The second-order valence-corrected chi connectivity index (χ2v) is 9.76. The van der Waals surface area contributed by atoms with E-state index in [2.05, 4.69) is 5.32 Å². The van der Waals surface area contributed by atoms with Crippen LogP contribution in [0.5, 0.6) is 0 Å². The fourth-order valence-electron chi connectivity index (χ4n) is 4.84. The Labute approximate surface area is 194 Å². The number of benzene rings is 1. The monoisotopic (exact) mass is 462 g/mol. The molecule has 176 valence electrons. The number of carboxylic acids is 1. The van der Waals surface area contributed by atoms with Gasteiger partial charge >= 0.3 is 11.9 Å². The number of carbonyl (C=O) groups is 3. The first-order chi connectivity index (χ1) is 15.4. The first kappa shape index (κ1) is 24.6. The number of fused-ring (bicyclic) bond motifs is 1. The number of aryl methyl sites for hydroxylation is 1. The van der Waals surface area contributed by atoms with Crippen LogP contribution in [0.25, 0.3) is 0 Å². The van der Waals surface area contributed by atoms with E-state index in [1.54, 1.807) is 25.6 Å². The number of aliphatic carboxylic acids is 1. The highest BCUT2D eigenvalue weighted by atomic mass is 32.2. The van der Waals surface area contributed by atoms with Crippen LogP contribution >= 0.6 is 11.8 Å². The first-order valence-corrected chi connectivity index (χ1v) is 12.7. The number of carboxylic acid groups (broad SMARTS) is 1. The summed E-state index contributed by atoms with van der Waals surface area (Å²) >= 11 is 1.77. The van der Waals surface area contributed by atoms with E-state index >= 15 is 0 Å². The molecule has 2 N–H and O–H groups in total. The van der Waals surface area contributed by atoms with Gasteiger partial charge in [-0.15, -0.1) is 0 Å². The number of nitrogens with zero attached hydrogens (tertiary/aromatic N) is 1. The highest BCUT2D eigenvalue weighted by molar-refractivity contribution is 7.99. The molecule has 2 aliphatic rings. The van der Waals surface area contributed by atoms with Crippen LogP contribution in [0.4, 0.5) is 0 Å². The number of hydrogen-bond donors (Lipinski definition) is 2. The molecule has 0 bridgehead atoms. The third-order valence-corrected chi connectivity index (χ3v) is 7.67. The minimum atomic E-state index is -0.936. The molecule has 8 heteroatoms. The number of rotatable bonds is 9. The minimum Gasteiger partial charge on any atom is -0.480 e. The van der Waals surface area contributed by atoms with Gasteiger partial charge in [-0.05, 0) is 62.5 Å². The zero-order valence-electron chi connectivity index (χ0n) is 18.9. The van der Waals surface area contributed by atoms with E-state index in [1.807, 2.05) is 30.3 Å². The van der Waals surface area contributed by atoms with Gasteiger partial charge in [0.15, 0.2) is 0 Å².